The van der Waals surface area contributed by atoms with E-state index in [1.54, 1.807) is 18.7 Å². The van der Waals surface area contributed by atoms with Gasteiger partial charge in [-0.3, -0.25) is 9.59 Å². The minimum absolute atomic E-state index is 0.0324. The number of thioether (sulfide) groups is 1. The number of esters is 1. The van der Waals surface area contributed by atoms with Gasteiger partial charge in [0.15, 0.2) is 0 Å². The molecule has 41 heavy (non-hydrogen) atoms. The van der Waals surface area contributed by atoms with Gasteiger partial charge in [0.05, 0.1) is 41.6 Å². The Kier molecular flexibility index (Phi) is 17.0. The molecule has 0 spiro atoms. The van der Waals surface area contributed by atoms with Crippen molar-refractivity contribution in [3.05, 3.63) is 29.5 Å². The smallest absolute Gasteiger partial charge is 0.308 e. The van der Waals surface area contributed by atoms with Crippen molar-refractivity contribution in [3.8, 4) is 0 Å². The van der Waals surface area contributed by atoms with E-state index in [9.17, 15) is 14.7 Å². The summed E-state index contributed by atoms with van der Waals surface area (Å²) in [5, 5.41) is 19.8. The van der Waals surface area contributed by atoms with Crippen LogP contribution >= 0.6 is 11.8 Å². The summed E-state index contributed by atoms with van der Waals surface area (Å²) in [5.74, 6) is 0.147. The maximum atomic E-state index is 12.7. The highest BCUT2D eigenvalue weighted by Gasteiger charge is 2.52. The number of rotatable bonds is 6. The number of Topliss-reactive ketones (excluding diaryl/α,β-unsaturated/α-hetero) is 1. The van der Waals surface area contributed by atoms with E-state index in [4.69, 9.17) is 14.6 Å². The van der Waals surface area contributed by atoms with E-state index in [1.807, 2.05) is 45.2 Å². The van der Waals surface area contributed by atoms with Crippen LogP contribution in [0.5, 0.6) is 0 Å². The van der Waals surface area contributed by atoms with Gasteiger partial charge in [-0.15, -0.1) is 11.8 Å². The third kappa shape index (κ3) is 13.9. The molecule has 1 unspecified atom stereocenters. The monoisotopic (exact) mass is 593 g/mol. The molecule has 7 nitrogen and oxygen atoms in total. The van der Waals surface area contributed by atoms with Crippen LogP contribution in [0, 0.1) is 17.8 Å². The first-order valence-corrected chi connectivity index (χ1v) is 16.4. The van der Waals surface area contributed by atoms with E-state index >= 15 is 0 Å². The molecular formula is C33H55NO6S. The number of ether oxygens (including phenoxy) is 2. The van der Waals surface area contributed by atoms with E-state index in [2.05, 4.69) is 31.8 Å². The Labute approximate surface area is 252 Å². The molecule has 2 saturated heterocycles. The molecule has 3 rings (SSSR count). The lowest BCUT2D eigenvalue weighted by Crippen LogP contribution is -2.28. The van der Waals surface area contributed by atoms with Crippen molar-refractivity contribution in [3.63, 3.8) is 0 Å². The van der Waals surface area contributed by atoms with E-state index in [0.717, 1.165) is 42.0 Å². The molecule has 0 saturated carbocycles. The topological polar surface area (TPSA) is 109 Å². The minimum atomic E-state index is -0.661. The highest BCUT2D eigenvalue weighted by atomic mass is 32.2. The van der Waals surface area contributed by atoms with Gasteiger partial charge in [0.2, 0.25) is 0 Å². The minimum Gasteiger partial charge on any atom is -0.462 e. The predicted octanol–water partition coefficient (Wildman–Crippen LogP) is 6.88. The van der Waals surface area contributed by atoms with Crippen molar-refractivity contribution in [1.82, 2.24) is 4.98 Å². The second kappa shape index (κ2) is 18.7. The lowest BCUT2D eigenvalue weighted by molar-refractivity contribution is -0.152. The highest BCUT2D eigenvalue weighted by molar-refractivity contribution is 7.98. The maximum Gasteiger partial charge on any atom is 0.308 e. The van der Waals surface area contributed by atoms with Crippen LogP contribution in [0.15, 0.2) is 28.8 Å². The molecule has 1 aromatic heterocycles. The van der Waals surface area contributed by atoms with Gasteiger partial charge in [0.1, 0.15) is 11.9 Å². The van der Waals surface area contributed by atoms with Gasteiger partial charge in [-0.1, -0.05) is 59.1 Å². The summed E-state index contributed by atoms with van der Waals surface area (Å²) in [6.45, 7) is 15.6. The van der Waals surface area contributed by atoms with Gasteiger partial charge in [-0.25, -0.2) is 4.98 Å². The Bertz CT molecular complexity index is 969. The van der Waals surface area contributed by atoms with Gasteiger partial charge in [-0.2, -0.15) is 0 Å². The molecule has 0 bridgehead atoms. The zero-order chi connectivity index (χ0) is 31.2. The van der Waals surface area contributed by atoms with Gasteiger partial charge in [0, 0.05) is 18.8 Å². The van der Waals surface area contributed by atoms with E-state index in [-0.39, 0.29) is 54.4 Å². The second-order valence-corrected chi connectivity index (χ2v) is 12.6. The van der Waals surface area contributed by atoms with Gasteiger partial charge in [-0.05, 0) is 69.9 Å². The summed E-state index contributed by atoms with van der Waals surface area (Å²) < 4.78 is 12.0. The lowest BCUT2D eigenvalue weighted by atomic mass is 9.87. The molecule has 3 heterocycles. The lowest BCUT2D eigenvalue weighted by Gasteiger charge is -2.24. The van der Waals surface area contributed by atoms with Crippen LogP contribution in [0.3, 0.4) is 0 Å². The number of hydrogen-bond donors (Lipinski definition) is 2. The number of carbonyl (C=O) groups excluding carboxylic acids is 2. The van der Waals surface area contributed by atoms with Crippen molar-refractivity contribution in [2.24, 2.45) is 17.8 Å². The Balaban J connectivity index is 0.000000816. The van der Waals surface area contributed by atoms with Crippen LogP contribution in [-0.2, 0) is 19.1 Å². The highest BCUT2D eigenvalue weighted by Crippen LogP contribution is 2.44. The molecule has 2 N–H and O–H groups in total. The van der Waals surface area contributed by atoms with Crippen molar-refractivity contribution in [2.75, 3.05) is 12.9 Å². The van der Waals surface area contributed by atoms with Crippen molar-refractivity contribution in [1.29, 1.82) is 0 Å². The number of pyridine rings is 1. The zero-order valence-corrected chi connectivity index (χ0v) is 27.6. The maximum absolute atomic E-state index is 12.7. The number of ketones is 1. The van der Waals surface area contributed by atoms with Crippen LogP contribution in [0.1, 0.15) is 106 Å². The fourth-order valence-electron chi connectivity index (χ4n) is 4.96. The molecule has 234 valence electrons. The first kappa shape index (κ1) is 37.3. The SMILES string of the molecule is CC.CC(=O)[C@H](C)CO.CSc1cccc(/C=C(\C)C[C@@H]2C[C@@H]3O[C@]3(C)CCC[C@@H](C)CC(C)[C@@H](O)CC(=O)O2)n1. The van der Waals surface area contributed by atoms with Crippen LogP contribution in [0.25, 0.3) is 6.08 Å². The third-order valence-electron chi connectivity index (χ3n) is 7.85. The Morgan fingerprint density at radius 3 is 2.51 bits per heavy atom. The molecule has 1 aromatic rings. The fourth-order valence-corrected chi connectivity index (χ4v) is 5.37. The first-order chi connectivity index (χ1) is 19.4. The molecule has 2 aliphatic heterocycles. The number of aliphatic hydroxyl groups excluding tert-OH is 2. The van der Waals surface area contributed by atoms with E-state index in [1.165, 1.54) is 6.92 Å². The fraction of sp³-hybridized carbons (Fsp3) is 0.727. The second-order valence-electron chi connectivity index (χ2n) is 11.7. The van der Waals surface area contributed by atoms with Gasteiger partial charge < -0.3 is 19.7 Å². The molecule has 0 aromatic carbocycles. The predicted molar refractivity (Wildman–Crippen MR) is 168 cm³/mol. The summed E-state index contributed by atoms with van der Waals surface area (Å²) >= 11 is 1.62. The molecule has 7 atom stereocenters. The summed E-state index contributed by atoms with van der Waals surface area (Å²) in [6, 6.07) is 5.99. The summed E-state index contributed by atoms with van der Waals surface area (Å²) in [6.07, 6.45) is 8.83. The van der Waals surface area contributed by atoms with Crippen LogP contribution in [0.4, 0.5) is 0 Å². The number of aromatic nitrogens is 1. The van der Waals surface area contributed by atoms with Crippen molar-refractivity contribution >= 4 is 29.6 Å². The van der Waals surface area contributed by atoms with E-state index in [0.29, 0.717) is 18.8 Å². The number of epoxide rings is 1. The zero-order valence-electron chi connectivity index (χ0n) is 26.8. The Morgan fingerprint density at radius 1 is 1.24 bits per heavy atom. The quantitative estimate of drug-likeness (QED) is 0.209. The average molecular weight is 594 g/mol. The van der Waals surface area contributed by atoms with Gasteiger partial charge in [0.25, 0.3) is 0 Å². The van der Waals surface area contributed by atoms with Crippen LogP contribution < -0.4 is 0 Å². The molecule has 0 aliphatic carbocycles. The van der Waals surface area contributed by atoms with Crippen molar-refractivity contribution in [2.45, 2.75) is 129 Å². The molecule has 8 heteroatoms. The standard InChI is InChI=1S/C26H39NO4S.C5H10O2.C2H6/c1-17-8-7-11-26(4)23(31-26)15-21(30-25(29)16-22(28)19(3)12-17)14-18(2)13-20-9-6-10-24(27-20)32-5;1-4(3-6)5(2)7;1-2/h6,9-10,13,17,19,21-23,28H,7-8,11-12,14-16H2,1-5H3;4,6H,3H2,1-2H3;1-2H3/b18-13+;;/t17-,19?,21-,22+,23+,26-;4-;/m11./s1. The van der Waals surface area contributed by atoms with Crippen LogP contribution in [0.2, 0.25) is 0 Å². The Morgan fingerprint density at radius 2 is 1.93 bits per heavy atom. The largest absolute Gasteiger partial charge is 0.462 e. The average Bonchev–Trinajstić information content (AvgIpc) is 3.56. The first-order valence-electron chi connectivity index (χ1n) is 15.2. The van der Waals surface area contributed by atoms with Crippen LogP contribution in [-0.4, -0.2) is 63.7 Å². The number of aliphatic hydroxyl groups is 2. The number of carbonyl (C=O) groups is 2. The number of cyclic esters (lactones) is 1. The van der Waals surface area contributed by atoms with E-state index < -0.39 is 6.10 Å². The Hall–Kier alpha value is -1.74. The molecular weight excluding hydrogens is 538 g/mol. The molecule has 0 amide bonds. The normalized spacial score (nSPS) is 29.7. The molecule has 2 aliphatic rings. The number of nitrogens with zero attached hydrogens (tertiary/aromatic N) is 1. The summed E-state index contributed by atoms with van der Waals surface area (Å²) in [7, 11) is 0. The third-order valence-corrected chi connectivity index (χ3v) is 8.50. The van der Waals surface area contributed by atoms with Crippen molar-refractivity contribution < 1.29 is 29.3 Å². The molecule has 2 fully saturated rings. The number of fused-ring (bicyclic) bond motifs is 1. The van der Waals surface area contributed by atoms with Gasteiger partial charge >= 0.3 is 5.97 Å². The summed E-state index contributed by atoms with van der Waals surface area (Å²) in [4.78, 5) is 27.5. The molecule has 0 radical (unpaired) electrons. The number of hydrogen-bond acceptors (Lipinski definition) is 8. The summed E-state index contributed by atoms with van der Waals surface area (Å²) in [5.41, 5.74) is 1.91.